The van der Waals surface area contributed by atoms with Crippen molar-refractivity contribution in [2.24, 2.45) is 0 Å². The molecule has 0 aromatic heterocycles. The first-order chi connectivity index (χ1) is 8.99. The Labute approximate surface area is 112 Å². The zero-order valence-electron chi connectivity index (χ0n) is 11.3. The van der Waals surface area contributed by atoms with Crippen LogP contribution in [0.4, 0.5) is 13.2 Å². The summed E-state index contributed by atoms with van der Waals surface area (Å²) in [6.45, 7) is 2.74. The Morgan fingerprint density at radius 2 is 1.95 bits per heavy atom. The maximum absolute atomic E-state index is 12.8. The number of ether oxygens (including phenoxy) is 1. The first-order valence-electron chi connectivity index (χ1n) is 6.36. The van der Waals surface area contributed by atoms with Crippen LogP contribution in [0.3, 0.4) is 0 Å². The number of alkyl halides is 3. The summed E-state index contributed by atoms with van der Waals surface area (Å²) in [6.07, 6.45) is -2.47. The average molecular weight is 275 g/mol. The van der Waals surface area contributed by atoms with Crippen molar-refractivity contribution in [3.8, 4) is 0 Å². The van der Waals surface area contributed by atoms with E-state index < -0.39 is 11.7 Å². The second-order valence-corrected chi connectivity index (χ2v) is 4.48. The van der Waals surface area contributed by atoms with Gasteiger partial charge < -0.3 is 10.1 Å². The Kier molecular flexibility index (Phi) is 6.31. The van der Waals surface area contributed by atoms with Crippen molar-refractivity contribution < 1.29 is 17.9 Å². The predicted molar refractivity (Wildman–Crippen MR) is 68.9 cm³/mol. The number of rotatable bonds is 7. The number of hydrogen-bond acceptors (Lipinski definition) is 2. The van der Waals surface area contributed by atoms with Crippen molar-refractivity contribution in [3.05, 3.63) is 35.4 Å². The summed E-state index contributed by atoms with van der Waals surface area (Å²) in [5.41, 5.74) is -0.303. The fourth-order valence-electron chi connectivity index (χ4n) is 2.00. The van der Waals surface area contributed by atoms with Gasteiger partial charge in [0.25, 0.3) is 0 Å². The lowest BCUT2D eigenvalue weighted by Gasteiger charge is -2.19. The van der Waals surface area contributed by atoms with E-state index in [4.69, 9.17) is 4.74 Å². The second-order valence-electron chi connectivity index (χ2n) is 4.48. The minimum Gasteiger partial charge on any atom is -0.383 e. The van der Waals surface area contributed by atoms with Gasteiger partial charge in [-0.2, -0.15) is 13.2 Å². The zero-order valence-corrected chi connectivity index (χ0v) is 11.3. The Hall–Kier alpha value is -1.07. The smallest absolute Gasteiger partial charge is 0.383 e. The van der Waals surface area contributed by atoms with Crippen molar-refractivity contribution in [2.75, 3.05) is 13.7 Å². The molecule has 1 aromatic rings. The molecular formula is C14H20F3NO. The topological polar surface area (TPSA) is 21.3 Å². The van der Waals surface area contributed by atoms with Crippen molar-refractivity contribution >= 4 is 0 Å². The molecule has 1 aromatic carbocycles. The van der Waals surface area contributed by atoms with Gasteiger partial charge in [-0.1, -0.05) is 31.5 Å². The number of nitrogens with one attached hydrogen (secondary N) is 1. The summed E-state index contributed by atoms with van der Waals surface area (Å²) in [4.78, 5) is 0. The van der Waals surface area contributed by atoms with E-state index in [0.29, 0.717) is 6.61 Å². The second kappa shape index (κ2) is 7.50. The molecule has 0 aliphatic rings. The molecule has 0 fully saturated rings. The summed E-state index contributed by atoms with van der Waals surface area (Å²) >= 11 is 0. The molecule has 2 nitrogen and oxygen atoms in total. The van der Waals surface area contributed by atoms with E-state index in [2.05, 4.69) is 5.32 Å². The normalized spacial score (nSPS) is 13.5. The third-order valence-electron chi connectivity index (χ3n) is 2.91. The van der Waals surface area contributed by atoms with Crippen LogP contribution in [-0.2, 0) is 17.5 Å². The number of methoxy groups -OCH3 is 1. The van der Waals surface area contributed by atoms with Crippen LogP contribution in [0.25, 0.3) is 0 Å². The number of benzene rings is 1. The molecule has 0 amide bonds. The van der Waals surface area contributed by atoms with Gasteiger partial charge in [-0.25, -0.2) is 0 Å². The Morgan fingerprint density at radius 3 is 2.53 bits per heavy atom. The lowest BCUT2D eigenvalue weighted by Crippen LogP contribution is -2.33. The maximum atomic E-state index is 12.8. The third kappa shape index (κ3) is 5.20. The van der Waals surface area contributed by atoms with Crippen molar-refractivity contribution in [3.63, 3.8) is 0 Å². The predicted octanol–water partition coefficient (Wildman–Crippen LogP) is 3.61. The van der Waals surface area contributed by atoms with E-state index in [1.165, 1.54) is 12.1 Å². The molecule has 1 N–H and O–H groups in total. The molecule has 0 saturated carbocycles. The monoisotopic (exact) mass is 275 g/mol. The van der Waals surface area contributed by atoms with E-state index in [1.807, 2.05) is 6.92 Å². The van der Waals surface area contributed by atoms with Crippen LogP contribution >= 0.6 is 0 Å². The van der Waals surface area contributed by atoms with Crippen LogP contribution in [0.5, 0.6) is 0 Å². The molecule has 19 heavy (non-hydrogen) atoms. The molecule has 0 heterocycles. The maximum Gasteiger partial charge on any atom is 0.416 e. The summed E-state index contributed by atoms with van der Waals surface area (Å²) < 4.78 is 43.5. The van der Waals surface area contributed by atoms with E-state index in [9.17, 15) is 13.2 Å². The van der Waals surface area contributed by atoms with Crippen molar-refractivity contribution in [2.45, 2.75) is 38.5 Å². The van der Waals surface area contributed by atoms with E-state index in [-0.39, 0.29) is 18.2 Å². The summed E-state index contributed by atoms with van der Waals surface area (Å²) in [5.74, 6) is 0. The molecule has 5 heteroatoms. The Morgan fingerprint density at radius 1 is 1.26 bits per heavy atom. The average Bonchev–Trinajstić information content (AvgIpc) is 2.36. The molecule has 0 saturated heterocycles. The minimum absolute atomic E-state index is 0.0799. The molecule has 0 bridgehead atoms. The molecule has 108 valence electrons. The van der Waals surface area contributed by atoms with Crippen molar-refractivity contribution in [1.82, 2.24) is 5.32 Å². The zero-order chi connectivity index (χ0) is 14.3. The van der Waals surface area contributed by atoms with Crippen LogP contribution in [0.15, 0.2) is 24.3 Å². The highest BCUT2D eigenvalue weighted by Crippen LogP contribution is 2.31. The van der Waals surface area contributed by atoms with Crippen LogP contribution in [0.1, 0.15) is 30.9 Å². The lowest BCUT2D eigenvalue weighted by atomic mass is 10.1. The highest BCUT2D eigenvalue weighted by Gasteiger charge is 2.32. The fraction of sp³-hybridized carbons (Fsp3) is 0.571. The molecule has 0 aliphatic carbocycles. The van der Waals surface area contributed by atoms with Gasteiger partial charge in [0.2, 0.25) is 0 Å². The van der Waals surface area contributed by atoms with Gasteiger partial charge in [0.15, 0.2) is 0 Å². The van der Waals surface area contributed by atoms with Gasteiger partial charge in [0, 0.05) is 19.7 Å². The van der Waals surface area contributed by atoms with Gasteiger partial charge in [-0.15, -0.1) is 0 Å². The quantitative estimate of drug-likeness (QED) is 0.820. The standard InChI is InChI=1S/C14H20F3NO/c1-3-6-12(10-19-2)18-9-11-7-4-5-8-13(11)14(15,16)17/h4-5,7-8,12,18H,3,6,9-10H2,1-2H3. The summed E-state index contributed by atoms with van der Waals surface area (Å²) in [7, 11) is 1.59. The van der Waals surface area contributed by atoms with E-state index in [0.717, 1.165) is 18.9 Å². The van der Waals surface area contributed by atoms with Gasteiger partial charge in [-0.3, -0.25) is 0 Å². The van der Waals surface area contributed by atoms with Crippen LogP contribution in [-0.4, -0.2) is 19.8 Å². The fourth-order valence-corrected chi connectivity index (χ4v) is 2.00. The summed E-state index contributed by atoms with van der Waals surface area (Å²) in [6, 6.07) is 5.73. The van der Waals surface area contributed by atoms with Gasteiger partial charge in [0.1, 0.15) is 0 Å². The van der Waals surface area contributed by atoms with Crippen LogP contribution < -0.4 is 5.32 Å². The molecule has 1 atom stereocenters. The van der Waals surface area contributed by atoms with Crippen LogP contribution in [0, 0.1) is 0 Å². The van der Waals surface area contributed by atoms with E-state index >= 15 is 0 Å². The first kappa shape index (κ1) is 16.0. The third-order valence-corrected chi connectivity index (χ3v) is 2.91. The SMILES string of the molecule is CCCC(COC)NCc1ccccc1C(F)(F)F. The van der Waals surface area contributed by atoms with Gasteiger partial charge in [-0.05, 0) is 18.1 Å². The lowest BCUT2D eigenvalue weighted by molar-refractivity contribution is -0.138. The van der Waals surface area contributed by atoms with Crippen molar-refractivity contribution in [1.29, 1.82) is 0 Å². The molecule has 1 unspecified atom stereocenters. The molecule has 1 rings (SSSR count). The number of halogens is 3. The Bertz CT molecular complexity index is 373. The summed E-state index contributed by atoms with van der Waals surface area (Å²) in [5, 5.41) is 3.13. The van der Waals surface area contributed by atoms with Crippen LogP contribution in [0.2, 0.25) is 0 Å². The van der Waals surface area contributed by atoms with Gasteiger partial charge >= 0.3 is 6.18 Å². The highest BCUT2D eigenvalue weighted by atomic mass is 19.4. The van der Waals surface area contributed by atoms with Gasteiger partial charge in [0.05, 0.1) is 12.2 Å². The first-order valence-corrected chi connectivity index (χ1v) is 6.36. The number of hydrogen-bond donors (Lipinski definition) is 1. The highest BCUT2D eigenvalue weighted by molar-refractivity contribution is 5.29. The molecule has 0 spiro atoms. The molecular weight excluding hydrogens is 255 g/mol. The molecule has 0 aliphatic heterocycles. The largest absolute Gasteiger partial charge is 0.416 e. The minimum atomic E-state index is -4.31. The molecule has 0 radical (unpaired) electrons. The Balaban J connectivity index is 2.71. The van der Waals surface area contributed by atoms with E-state index in [1.54, 1.807) is 13.2 Å².